The molecule has 2 N–H and O–H groups in total. The predicted octanol–water partition coefficient (Wildman–Crippen LogP) is 0.509. The first-order valence-electron chi connectivity index (χ1n) is 3.79. The summed E-state index contributed by atoms with van der Waals surface area (Å²) in [5.74, 6) is 5.80. The fourth-order valence-corrected chi connectivity index (χ4v) is 0.707. The van der Waals surface area contributed by atoms with Gasteiger partial charge in [-0.3, -0.25) is 4.68 Å². The van der Waals surface area contributed by atoms with Crippen LogP contribution in [0.15, 0.2) is 12.3 Å². The molecule has 0 radical (unpaired) electrons. The minimum absolute atomic E-state index is 0.447. The zero-order valence-corrected chi connectivity index (χ0v) is 7.63. The van der Waals surface area contributed by atoms with Gasteiger partial charge in [0.2, 0.25) is 0 Å². The molecule has 0 saturated heterocycles. The molecule has 3 nitrogen and oxygen atoms in total. The maximum absolute atomic E-state index is 5.68. The largest absolute Gasteiger partial charge is 0.316 e. The molecule has 1 aromatic heterocycles. The van der Waals surface area contributed by atoms with E-state index in [1.807, 2.05) is 33.2 Å². The van der Waals surface area contributed by atoms with E-state index >= 15 is 0 Å². The number of nitrogens with zero attached hydrogens (tertiary/aromatic N) is 2. The summed E-state index contributed by atoms with van der Waals surface area (Å²) in [4.78, 5) is 0. The van der Waals surface area contributed by atoms with E-state index in [9.17, 15) is 0 Å². The van der Waals surface area contributed by atoms with Gasteiger partial charge in [0, 0.05) is 13.2 Å². The van der Waals surface area contributed by atoms with Gasteiger partial charge in [0.25, 0.3) is 0 Å². The molecule has 1 aromatic rings. The van der Waals surface area contributed by atoms with Crippen LogP contribution in [0, 0.1) is 11.8 Å². The van der Waals surface area contributed by atoms with Gasteiger partial charge < -0.3 is 5.73 Å². The van der Waals surface area contributed by atoms with E-state index in [1.165, 1.54) is 0 Å². The highest BCUT2D eigenvalue weighted by Gasteiger charge is 2.03. The summed E-state index contributed by atoms with van der Waals surface area (Å²) in [6.07, 6.45) is 1.85. The highest BCUT2D eigenvalue weighted by atomic mass is 15.2. The average molecular weight is 163 g/mol. The standard InChI is InChI=1S/C9H13N3/c1-9(2,10)6-4-8-5-7-12(3)11-8/h5,7H,10H2,1-3H3. The summed E-state index contributed by atoms with van der Waals surface area (Å²) in [5.41, 5.74) is 6.00. The first kappa shape index (κ1) is 8.82. The number of rotatable bonds is 0. The second-order valence-corrected chi connectivity index (χ2v) is 3.35. The minimum Gasteiger partial charge on any atom is -0.316 e. The van der Waals surface area contributed by atoms with Gasteiger partial charge in [-0.25, -0.2) is 0 Å². The summed E-state index contributed by atoms with van der Waals surface area (Å²) in [6, 6.07) is 1.86. The predicted molar refractivity (Wildman–Crippen MR) is 48.4 cm³/mol. The Labute approximate surface area is 72.6 Å². The normalized spacial score (nSPS) is 10.7. The molecular formula is C9H13N3. The van der Waals surface area contributed by atoms with Gasteiger partial charge in [0.05, 0.1) is 5.54 Å². The van der Waals surface area contributed by atoms with E-state index in [0.717, 1.165) is 5.69 Å². The number of aromatic nitrogens is 2. The number of hydrogen-bond acceptors (Lipinski definition) is 2. The van der Waals surface area contributed by atoms with Gasteiger partial charge in [-0.05, 0) is 25.8 Å². The third kappa shape index (κ3) is 2.77. The number of aryl methyl sites for hydroxylation is 1. The Morgan fingerprint density at radius 3 is 2.67 bits per heavy atom. The first-order chi connectivity index (χ1) is 5.47. The lowest BCUT2D eigenvalue weighted by Gasteiger charge is -2.06. The maximum atomic E-state index is 5.68. The van der Waals surface area contributed by atoms with Crippen LogP contribution >= 0.6 is 0 Å². The molecule has 0 aliphatic rings. The van der Waals surface area contributed by atoms with Crippen molar-refractivity contribution in [1.29, 1.82) is 0 Å². The Kier molecular flexibility index (Phi) is 2.20. The molecule has 1 rings (SSSR count). The summed E-state index contributed by atoms with van der Waals surface area (Å²) in [5, 5.41) is 4.10. The molecule has 3 heteroatoms. The maximum Gasteiger partial charge on any atom is 0.135 e. The molecule has 0 aromatic carbocycles. The summed E-state index contributed by atoms with van der Waals surface area (Å²) in [6.45, 7) is 3.73. The van der Waals surface area contributed by atoms with Gasteiger partial charge >= 0.3 is 0 Å². The van der Waals surface area contributed by atoms with Crippen LogP contribution in [0.2, 0.25) is 0 Å². The van der Waals surface area contributed by atoms with Gasteiger partial charge in [0.1, 0.15) is 5.69 Å². The van der Waals surface area contributed by atoms with Gasteiger partial charge in [-0.1, -0.05) is 5.92 Å². The van der Waals surface area contributed by atoms with Crippen LogP contribution in [0.5, 0.6) is 0 Å². The second-order valence-electron chi connectivity index (χ2n) is 3.35. The third-order valence-electron chi connectivity index (χ3n) is 1.23. The van der Waals surface area contributed by atoms with Crippen molar-refractivity contribution in [1.82, 2.24) is 9.78 Å². The second kappa shape index (κ2) is 3.00. The molecule has 0 unspecified atom stereocenters. The van der Waals surface area contributed by atoms with Crippen molar-refractivity contribution < 1.29 is 0 Å². The Hall–Kier alpha value is -1.27. The van der Waals surface area contributed by atoms with Gasteiger partial charge in [0.15, 0.2) is 0 Å². The fraction of sp³-hybridized carbons (Fsp3) is 0.444. The van der Waals surface area contributed by atoms with Crippen LogP contribution in [0.25, 0.3) is 0 Å². The lowest BCUT2D eigenvalue weighted by Crippen LogP contribution is -2.29. The van der Waals surface area contributed by atoms with Crippen molar-refractivity contribution in [2.75, 3.05) is 0 Å². The van der Waals surface area contributed by atoms with Crippen molar-refractivity contribution in [2.24, 2.45) is 12.8 Å². The Morgan fingerprint density at radius 2 is 2.25 bits per heavy atom. The van der Waals surface area contributed by atoms with Gasteiger partial charge in [-0.2, -0.15) is 5.10 Å². The molecule has 0 spiro atoms. The van der Waals surface area contributed by atoms with Crippen LogP contribution < -0.4 is 5.73 Å². The molecule has 1 heterocycles. The van der Waals surface area contributed by atoms with E-state index in [1.54, 1.807) is 4.68 Å². The number of nitrogens with two attached hydrogens (primary N) is 1. The molecule has 0 aliphatic carbocycles. The van der Waals surface area contributed by atoms with Crippen LogP contribution in [-0.4, -0.2) is 15.3 Å². The lowest BCUT2D eigenvalue weighted by molar-refractivity contribution is 0.680. The third-order valence-corrected chi connectivity index (χ3v) is 1.23. The van der Waals surface area contributed by atoms with Crippen molar-refractivity contribution >= 4 is 0 Å². The summed E-state index contributed by atoms with van der Waals surface area (Å²) < 4.78 is 1.72. The number of hydrogen-bond donors (Lipinski definition) is 1. The Bertz CT molecular complexity index is 320. The van der Waals surface area contributed by atoms with Crippen LogP contribution in [0.1, 0.15) is 19.5 Å². The smallest absolute Gasteiger partial charge is 0.135 e. The molecule has 0 bridgehead atoms. The van der Waals surface area contributed by atoms with E-state index in [0.29, 0.717) is 0 Å². The average Bonchev–Trinajstić information content (AvgIpc) is 2.30. The molecule has 0 saturated carbocycles. The molecular weight excluding hydrogens is 150 g/mol. The highest BCUT2D eigenvalue weighted by molar-refractivity contribution is 5.29. The quantitative estimate of drug-likeness (QED) is 0.566. The fourth-order valence-electron chi connectivity index (χ4n) is 0.707. The van der Waals surface area contributed by atoms with Crippen molar-refractivity contribution in [2.45, 2.75) is 19.4 Å². The van der Waals surface area contributed by atoms with E-state index in [-0.39, 0.29) is 0 Å². The molecule has 12 heavy (non-hydrogen) atoms. The zero-order chi connectivity index (χ0) is 9.19. The SMILES string of the molecule is Cn1ccc(C#CC(C)(C)N)n1. The monoisotopic (exact) mass is 163 g/mol. The first-order valence-corrected chi connectivity index (χ1v) is 3.79. The zero-order valence-electron chi connectivity index (χ0n) is 7.63. The van der Waals surface area contributed by atoms with Gasteiger partial charge in [-0.15, -0.1) is 0 Å². The molecule has 0 atom stereocenters. The van der Waals surface area contributed by atoms with E-state index in [2.05, 4.69) is 16.9 Å². The molecule has 0 aliphatic heterocycles. The van der Waals surface area contributed by atoms with Crippen molar-refractivity contribution in [3.05, 3.63) is 18.0 Å². The molecule has 0 fully saturated rings. The Morgan fingerprint density at radius 1 is 1.58 bits per heavy atom. The van der Waals surface area contributed by atoms with E-state index in [4.69, 9.17) is 5.73 Å². The molecule has 0 amide bonds. The topological polar surface area (TPSA) is 43.8 Å². The highest BCUT2D eigenvalue weighted by Crippen LogP contribution is 1.95. The van der Waals surface area contributed by atoms with Crippen LogP contribution in [0.3, 0.4) is 0 Å². The van der Waals surface area contributed by atoms with Crippen molar-refractivity contribution in [3.8, 4) is 11.8 Å². The summed E-state index contributed by atoms with van der Waals surface area (Å²) >= 11 is 0. The van der Waals surface area contributed by atoms with Crippen molar-refractivity contribution in [3.63, 3.8) is 0 Å². The van der Waals surface area contributed by atoms with E-state index < -0.39 is 5.54 Å². The minimum atomic E-state index is -0.447. The van der Waals surface area contributed by atoms with Crippen LogP contribution in [-0.2, 0) is 7.05 Å². The Balaban J connectivity index is 2.80. The lowest BCUT2D eigenvalue weighted by atomic mass is 10.1. The summed E-state index contributed by atoms with van der Waals surface area (Å²) in [7, 11) is 1.86. The molecule has 64 valence electrons. The van der Waals surface area contributed by atoms with Crippen LogP contribution in [0.4, 0.5) is 0 Å².